The number of hydrogen-bond acceptors (Lipinski definition) is 3. The minimum Gasteiger partial charge on any atom is -0.321 e. The number of Topliss-reactive ketones (excluding diaryl/α,β-unsaturated/α-hetero) is 2. The molecule has 1 unspecified atom stereocenters. The Morgan fingerprint density at radius 2 is 2.00 bits per heavy atom. The first kappa shape index (κ1) is 8.58. The average molecular weight is 168 g/mol. The van der Waals surface area contributed by atoms with Crippen LogP contribution in [0.2, 0.25) is 0 Å². The van der Waals surface area contributed by atoms with Gasteiger partial charge >= 0.3 is 6.03 Å². The van der Waals surface area contributed by atoms with Crippen LogP contribution in [0.5, 0.6) is 0 Å². The standard InChI is InChI=1S/C7H8N2O3/c1-3(10)5-6(4(2)11)9-7(12)8-5/h5H,1-2H3,(H,8,12). The van der Waals surface area contributed by atoms with Gasteiger partial charge < -0.3 is 5.32 Å². The third-order valence-electron chi connectivity index (χ3n) is 1.53. The lowest BCUT2D eigenvalue weighted by Gasteiger charge is -2.05. The van der Waals surface area contributed by atoms with Crippen molar-refractivity contribution in [1.29, 1.82) is 0 Å². The molecule has 0 saturated carbocycles. The van der Waals surface area contributed by atoms with Crippen LogP contribution < -0.4 is 5.32 Å². The Kier molecular flexibility index (Phi) is 2.03. The summed E-state index contributed by atoms with van der Waals surface area (Å²) in [4.78, 5) is 35.7. The van der Waals surface area contributed by atoms with E-state index in [1.807, 2.05) is 0 Å². The highest BCUT2D eigenvalue weighted by atomic mass is 16.2. The summed E-state index contributed by atoms with van der Waals surface area (Å²) in [6, 6.07) is -1.46. The smallest absolute Gasteiger partial charge is 0.321 e. The topological polar surface area (TPSA) is 75.6 Å². The maximum atomic E-state index is 10.9. The Labute approximate surface area is 68.9 Å². The van der Waals surface area contributed by atoms with Gasteiger partial charge in [-0.05, 0) is 6.92 Å². The molecule has 0 bridgehead atoms. The average Bonchev–Trinajstić information content (AvgIpc) is 2.31. The molecule has 0 aliphatic carbocycles. The molecule has 1 atom stereocenters. The summed E-state index contributed by atoms with van der Waals surface area (Å²) in [5, 5.41) is 2.27. The Hall–Kier alpha value is -1.52. The van der Waals surface area contributed by atoms with Gasteiger partial charge in [0.15, 0.2) is 11.6 Å². The third-order valence-corrected chi connectivity index (χ3v) is 1.53. The van der Waals surface area contributed by atoms with E-state index in [0.29, 0.717) is 0 Å². The molecular weight excluding hydrogens is 160 g/mol. The van der Waals surface area contributed by atoms with Crippen molar-refractivity contribution in [3.63, 3.8) is 0 Å². The SMILES string of the molecule is CC(=O)C1=NC(=O)NC1C(C)=O. The second-order valence-corrected chi connectivity index (χ2v) is 2.55. The molecule has 5 heteroatoms. The van der Waals surface area contributed by atoms with Gasteiger partial charge in [-0.15, -0.1) is 0 Å². The first-order valence-corrected chi connectivity index (χ1v) is 3.43. The summed E-state index contributed by atoms with van der Waals surface area (Å²) >= 11 is 0. The minimum absolute atomic E-state index is 0.00694. The molecule has 0 fully saturated rings. The lowest BCUT2D eigenvalue weighted by Crippen LogP contribution is -2.40. The summed E-state index contributed by atoms with van der Waals surface area (Å²) in [7, 11) is 0. The quantitative estimate of drug-likeness (QED) is 0.614. The van der Waals surface area contributed by atoms with Crippen LogP contribution in [0.25, 0.3) is 0 Å². The molecule has 1 rings (SSSR count). The van der Waals surface area contributed by atoms with Crippen molar-refractivity contribution in [2.24, 2.45) is 4.99 Å². The number of rotatable bonds is 2. The maximum Gasteiger partial charge on any atom is 0.342 e. The van der Waals surface area contributed by atoms with Crippen LogP contribution in [0.4, 0.5) is 4.79 Å². The number of amides is 2. The van der Waals surface area contributed by atoms with E-state index in [-0.39, 0.29) is 17.3 Å². The van der Waals surface area contributed by atoms with E-state index in [1.165, 1.54) is 13.8 Å². The Morgan fingerprint density at radius 1 is 1.42 bits per heavy atom. The normalized spacial score (nSPS) is 21.7. The van der Waals surface area contributed by atoms with Crippen LogP contribution in [0, 0.1) is 0 Å². The number of ketones is 2. The highest BCUT2D eigenvalue weighted by molar-refractivity contribution is 6.47. The summed E-state index contributed by atoms with van der Waals surface area (Å²) in [5.41, 5.74) is 0.00694. The van der Waals surface area contributed by atoms with Gasteiger partial charge in [-0.25, -0.2) is 4.79 Å². The van der Waals surface area contributed by atoms with Gasteiger partial charge in [-0.2, -0.15) is 4.99 Å². The van der Waals surface area contributed by atoms with Crippen molar-refractivity contribution in [2.75, 3.05) is 0 Å². The van der Waals surface area contributed by atoms with Crippen LogP contribution in [0.1, 0.15) is 13.8 Å². The summed E-state index contributed by atoms with van der Waals surface area (Å²) in [6.45, 7) is 2.57. The van der Waals surface area contributed by atoms with Crippen LogP contribution in [0.3, 0.4) is 0 Å². The van der Waals surface area contributed by atoms with Gasteiger partial charge in [0.1, 0.15) is 11.8 Å². The van der Waals surface area contributed by atoms with E-state index in [9.17, 15) is 14.4 Å². The number of aliphatic imine (C=N–C) groups is 1. The molecule has 1 aliphatic rings. The van der Waals surface area contributed by atoms with Crippen molar-refractivity contribution < 1.29 is 14.4 Å². The van der Waals surface area contributed by atoms with E-state index >= 15 is 0 Å². The Bertz CT molecular complexity index is 293. The maximum absolute atomic E-state index is 10.9. The van der Waals surface area contributed by atoms with Crippen LogP contribution in [0.15, 0.2) is 4.99 Å². The number of urea groups is 1. The predicted octanol–water partition coefficient (Wildman–Crippen LogP) is -0.303. The molecule has 0 saturated heterocycles. The molecule has 0 radical (unpaired) electrons. The molecule has 1 aliphatic heterocycles. The summed E-state index contributed by atoms with van der Waals surface area (Å²) in [6.07, 6.45) is 0. The highest BCUT2D eigenvalue weighted by Gasteiger charge is 2.31. The van der Waals surface area contributed by atoms with E-state index < -0.39 is 12.1 Å². The fourth-order valence-corrected chi connectivity index (χ4v) is 0.974. The van der Waals surface area contributed by atoms with Crippen molar-refractivity contribution in [3.8, 4) is 0 Å². The minimum atomic E-state index is -0.838. The Balaban J connectivity index is 2.94. The first-order chi connectivity index (χ1) is 5.52. The molecule has 5 nitrogen and oxygen atoms in total. The molecule has 1 heterocycles. The van der Waals surface area contributed by atoms with Crippen molar-refractivity contribution in [1.82, 2.24) is 5.32 Å². The number of nitrogens with one attached hydrogen (secondary N) is 1. The Morgan fingerprint density at radius 3 is 2.33 bits per heavy atom. The van der Waals surface area contributed by atoms with Crippen LogP contribution in [-0.2, 0) is 9.59 Å². The summed E-state index contributed by atoms with van der Waals surface area (Å²) in [5.74, 6) is -0.636. The molecule has 0 spiro atoms. The van der Waals surface area contributed by atoms with Crippen molar-refractivity contribution in [3.05, 3.63) is 0 Å². The van der Waals surface area contributed by atoms with Gasteiger partial charge in [0.2, 0.25) is 0 Å². The van der Waals surface area contributed by atoms with Gasteiger partial charge in [0.25, 0.3) is 0 Å². The van der Waals surface area contributed by atoms with Crippen molar-refractivity contribution >= 4 is 23.3 Å². The summed E-state index contributed by atoms with van der Waals surface area (Å²) < 4.78 is 0. The lowest BCUT2D eigenvalue weighted by atomic mass is 10.1. The predicted molar refractivity (Wildman–Crippen MR) is 41.1 cm³/mol. The highest BCUT2D eigenvalue weighted by Crippen LogP contribution is 2.02. The fraction of sp³-hybridized carbons (Fsp3) is 0.429. The molecule has 64 valence electrons. The van der Waals surface area contributed by atoms with Gasteiger partial charge in [0, 0.05) is 6.92 Å². The largest absolute Gasteiger partial charge is 0.342 e. The number of carbonyl (C=O) groups is 3. The molecular formula is C7H8N2O3. The van der Waals surface area contributed by atoms with E-state index in [0.717, 1.165) is 0 Å². The van der Waals surface area contributed by atoms with E-state index in [2.05, 4.69) is 10.3 Å². The van der Waals surface area contributed by atoms with E-state index in [1.54, 1.807) is 0 Å². The zero-order chi connectivity index (χ0) is 9.30. The van der Waals surface area contributed by atoms with Crippen LogP contribution in [-0.4, -0.2) is 29.4 Å². The lowest BCUT2D eigenvalue weighted by molar-refractivity contribution is -0.118. The van der Waals surface area contributed by atoms with Crippen LogP contribution >= 0.6 is 0 Å². The molecule has 0 aromatic heterocycles. The third kappa shape index (κ3) is 1.39. The van der Waals surface area contributed by atoms with Gasteiger partial charge in [0.05, 0.1) is 0 Å². The van der Waals surface area contributed by atoms with Gasteiger partial charge in [-0.1, -0.05) is 0 Å². The number of hydrogen-bond donors (Lipinski definition) is 1. The second kappa shape index (κ2) is 2.84. The number of nitrogens with zero attached hydrogens (tertiary/aromatic N) is 1. The molecule has 2 amide bonds. The first-order valence-electron chi connectivity index (χ1n) is 3.43. The zero-order valence-electron chi connectivity index (χ0n) is 6.75. The molecule has 12 heavy (non-hydrogen) atoms. The van der Waals surface area contributed by atoms with Gasteiger partial charge in [-0.3, -0.25) is 9.59 Å². The number of carbonyl (C=O) groups excluding carboxylic acids is 3. The second-order valence-electron chi connectivity index (χ2n) is 2.55. The zero-order valence-corrected chi connectivity index (χ0v) is 6.75. The molecule has 0 aromatic rings. The molecule has 0 aromatic carbocycles. The van der Waals surface area contributed by atoms with E-state index in [4.69, 9.17) is 0 Å². The monoisotopic (exact) mass is 168 g/mol. The molecule has 1 N–H and O–H groups in total. The van der Waals surface area contributed by atoms with Crippen molar-refractivity contribution in [2.45, 2.75) is 19.9 Å². The fourth-order valence-electron chi connectivity index (χ4n) is 0.974.